The fourth-order valence-electron chi connectivity index (χ4n) is 2.12. The second-order valence-electron chi connectivity index (χ2n) is 4.38. The first-order valence-corrected chi connectivity index (χ1v) is 6.08. The zero-order valence-corrected chi connectivity index (χ0v) is 11.2. The molecule has 0 aromatic heterocycles. The topological polar surface area (TPSA) is 44.1 Å². The van der Waals surface area contributed by atoms with Gasteiger partial charge in [0, 0.05) is 12.6 Å². The van der Waals surface area contributed by atoms with Crippen molar-refractivity contribution in [2.24, 2.45) is 0 Å². The summed E-state index contributed by atoms with van der Waals surface area (Å²) in [6, 6.07) is 13.3. The quantitative estimate of drug-likeness (QED) is 0.798. The summed E-state index contributed by atoms with van der Waals surface area (Å²) < 4.78 is 14.1. The lowest BCUT2D eigenvalue weighted by Crippen LogP contribution is -2.16. The Morgan fingerprint density at radius 2 is 1.90 bits per heavy atom. The van der Waals surface area contributed by atoms with E-state index in [0.717, 1.165) is 0 Å². The molecule has 0 saturated heterocycles. The lowest BCUT2D eigenvalue weighted by atomic mass is 10.1. The molecule has 0 N–H and O–H groups in total. The van der Waals surface area contributed by atoms with Gasteiger partial charge in [-0.15, -0.1) is 0 Å². The smallest absolute Gasteiger partial charge is 0.162 e. The van der Waals surface area contributed by atoms with Crippen LogP contribution in [0.3, 0.4) is 0 Å². The molecular weight excluding hydrogens is 255 g/mol. The number of nitriles is 1. The van der Waals surface area contributed by atoms with Crippen LogP contribution < -0.4 is 4.90 Å². The van der Waals surface area contributed by atoms with Crippen molar-refractivity contribution >= 4 is 17.2 Å². The molecule has 0 bridgehead atoms. The number of benzene rings is 2. The molecule has 2 rings (SSSR count). The van der Waals surface area contributed by atoms with Gasteiger partial charge in [-0.05, 0) is 31.2 Å². The van der Waals surface area contributed by atoms with E-state index in [0.29, 0.717) is 16.8 Å². The van der Waals surface area contributed by atoms with Crippen LogP contribution in [0, 0.1) is 17.1 Å². The SMILES string of the molecule is CC(=O)c1cccc(F)c1N(C)c1ccccc1C#N. The molecule has 2 aromatic carbocycles. The van der Waals surface area contributed by atoms with Crippen LogP contribution in [0.15, 0.2) is 42.5 Å². The van der Waals surface area contributed by atoms with Crippen molar-refractivity contribution < 1.29 is 9.18 Å². The molecule has 20 heavy (non-hydrogen) atoms. The summed E-state index contributed by atoms with van der Waals surface area (Å²) >= 11 is 0. The number of anilines is 2. The van der Waals surface area contributed by atoms with Crippen molar-refractivity contribution in [3.05, 3.63) is 59.4 Å². The Kier molecular flexibility index (Phi) is 3.81. The second-order valence-corrected chi connectivity index (χ2v) is 4.38. The highest BCUT2D eigenvalue weighted by molar-refractivity contribution is 6.00. The number of halogens is 1. The number of para-hydroxylation sites is 2. The van der Waals surface area contributed by atoms with E-state index >= 15 is 0 Å². The molecule has 0 heterocycles. The molecule has 3 nitrogen and oxygen atoms in total. The molecule has 0 atom stereocenters. The maximum Gasteiger partial charge on any atom is 0.162 e. The van der Waals surface area contributed by atoms with Crippen LogP contribution in [0.5, 0.6) is 0 Å². The molecule has 0 aliphatic carbocycles. The Morgan fingerprint density at radius 1 is 1.20 bits per heavy atom. The standard InChI is InChI=1S/C16H13FN2O/c1-11(20)13-7-5-8-14(17)16(13)19(2)15-9-4-3-6-12(15)10-18/h3-9H,1-2H3. The van der Waals surface area contributed by atoms with Gasteiger partial charge in [0.05, 0.1) is 16.9 Å². The average Bonchev–Trinajstić information content (AvgIpc) is 2.46. The lowest BCUT2D eigenvalue weighted by Gasteiger charge is -2.23. The number of rotatable bonds is 3. The Bertz CT molecular complexity index is 704. The first-order valence-electron chi connectivity index (χ1n) is 6.08. The highest BCUT2D eigenvalue weighted by Gasteiger charge is 2.18. The molecule has 0 amide bonds. The minimum Gasteiger partial charge on any atom is -0.341 e. The molecule has 0 aliphatic heterocycles. The zero-order chi connectivity index (χ0) is 14.7. The Balaban J connectivity index is 2.63. The van der Waals surface area contributed by atoms with E-state index in [1.54, 1.807) is 37.4 Å². The average molecular weight is 268 g/mol. The van der Waals surface area contributed by atoms with Gasteiger partial charge in [0.15, 0.2) is 5.78 Å². The predicted molar refractivity (Wildman–Crippen MR) is 75.6 cm³/mol. The summed E-state index contributed by atoms with van der Waals surface area (Å²) in [6.07, 6.45) is 0. The summed E-state index contributed by atoms with van der Waals surface area (Å²) in [6.45, 7) is 1.39. The summed E-state index contributed by atoms with van der Waals surface area (Å²) in [5, 5.41) is 9.12. The number of hydrogen-bond acceptors (Lipinski definition) is 3. The van der Waals surface area contributed by atoms with Gasteiger partial charge in [-0.1, -0.05) is 18.2 Å². The Hall–Kier alpha value is -2.67. The molecule has 0 radical (unpaired) electrons. The van der Waals surface area contributed by atoms with Crippen LogP contribution in [0.25, 0.3) is 0 Å². The molecule has 0 unspecified atom stereocenters. The van der Waals surface area contributed by atoms with Crippen molar-refractivity contribution in [3.8, 4) is 6.07 Å². The van der Waals surface area contributed by atoms with Gasteiger partial charge in [0.2, 0.25) is 0 Å². The number of Topliss-reactive ketones (excluding diaryl/α,β-unsaturated/α-hetero) is 1. The predicted octanol–water partition coefficient (Wildman–Crippen LogP) is 3.67. The van der Waals surface area contributed by atoms with E-state index in [1.807, 2.05) is 0 Å². The summed E-state index contributed by atoms with van der Waals surface area (Å²) in [5.41, 5.74) is 1.46. The minimum atomic E-state index is -0.493. The van der Waals surface area contributed by atoms with Gasteiger partial charge in [0.1, 0.15) is 11.9 Å². The maximum absolute atomic E-state index is 14.1. The molecule has 4 heteroatoms. The first-order chi connectivity index (χ1) is 9.56. The molecule has 100 valence electrons. The van der Waals surface area contributed by atoms with E-state index in [2.05, 4.69) is 6.07 Å². The molecule has 0 spiro atoms. The zero-order valence-electron chi connectivity index (χ0n) is 11.2. The number of nitrogens with zero attached hydrogens (tertiary/aromatic N) is 2. The number of carbonyl (C=O) groups excluding carboxylic acids is 1. The Morgan fingerprint density at radius 3 is 2.55 bits per heavy atom. The van der Waals surface area contributed by atoms with Crippen LogP contribution in [0.2, 0.25) is 0 Å². The minimum absolute atomic E-state index is 0.183. The largest absolute Gasteiger partial charge is 0.341 e. The number of hydrogen-bond donors (Lipinski definition) is 0. The van der Waals surface area contributed by atoms with Crippen LogP contribution in [-0.4, -0.2) is 12.8 Å². The third-order valence-corrected chi connectivity index (χ3v) is 3.09. The molecule has 0 aliphatic rings. The summed E-state index contributed by atoms with van der Waals surface area (Å²) in [7, 11) is 1.64. The van der Waals surface area contributed by atoms with Crippen LogP contribution in [0.4, 0.5) is 15.8 Å². The van der Waals surface area contributed by atoms with E-state index in [4.69, 9.17) is 5.26 Å². The normalized spacial score (nSPS) is 9.90. The maximum atomic E-state index is 14.1. The van der Waals surface area contributed by atoms with E-state index in [-0.39, 0.29) is 11.5 Å². The highest BCUT2D eigenvalue weighted by atomic mass is 19.1. The molecule has 0 saturated carbocycles. The molecule has 0 fully saturated rings. The third kappa shape index (κ3) is 2.39. The van der Waals surface area contributed by atoms with Crippen molar-refractivity contribution in [1.29, 1.82) is 5.26 Å². The lowest BCUT2D eigenvalue weighted by molar-refractivity contribution is 0.101. The molecular formula is C16H13FN2O. The van der Waals surface area contributed by atoms with Crippen molar-refractivity contribution in [1.82, 2.24) is 0 Å². The van der Waals surface area contributed by atoms with Crippen molar-refractivity contribution in [2.75, 3.05) is 11.9 Å². The van der Waals surface area contributed by atoms with Crippen LogP contribution in [-0.2, 0) is 0 Å². The number of ketones is 1. The van der Waals surface area contributed by atoms with Gasteiger partial charge in [-0.25, -0.2) is 4.39 Å². The Labute approximate surface area is 116 Å². The van der Waals surface area contributed by atoms with Crippen LogP contribution >= 0.6 is 0 Å². The highest BCUT2D eigenvalue weighted by Crippen LogP contribution is 2.31. The summed E-state index contributed by atoms with van der Waals surface area (Å²) in [5.74, 6) is -0.714. The van der Waals surface area contributed by atoms with Gasteiger partial charge >= 0.3 is 0 Å². The summed E-state index contributed by atoms with van der Waals surface area (Å²) in [4.78, 5) is 13.2. The monoisotopic (exact) mass is 268 g/mol. The van der Waals surface area contributed by atoms with Gasteiger partial charge in [-0.3, -0.25) is 4.79 Å². The van der Waals surface area contributed by atoms with Gasteiger partial charge in [-0.2, -0.15) is 5.26 Å². The number of carbonyl (C=O) groups is 1. The molecule has 2 aromatic rings. The second kappa shape index (κ2) is 5.54. The van der Waals surface area contributed by atoms with E-state index in [1.165, 1.54) is 24.0 Å². The van der Waals surface area contributed by atoms with Gasteiger partial charge in [0.25, 0.3) is 0 Å². The van der Waals surface area contributed by atoms with E-state index in [9.17, 15) is 9.18 Å². The van der Waals surface area contributed by atoms with Crippen LogP contribution in [0.1, 0.15) is 22.8 Å². The van der Waals surface area contributed by atoms with Crippen molar-refractivity contribution in [2.45, 2.75) is 6.92 Å². The van der Waals surface area contributed by atoms with Crippen molar-refractivity contribution in [3.63, 3.8) is 0 Å². The van der Waals surface area contributed by atoms with Gasteiger partial charge < -0.3 is 4.90 Å². The fraction of sp³-hybridized carbons (Fsp3) is 0.125. The first kappa shape index (κ1) is 13.8. The third-order valence-electron chi connectivity index (χ3n) is 3.09. The fourth-order valence-corrected chi connectivity index (χ4v) is 2.12. The van der Waals surface area contributed by atoms with E-state index < -0.39 is 5.82 Å².